The van der Waals surface area contributed by atoms with E-state index in [1.165, 1.54) is 45.0 Å². The second-order valence-electron chi connectivity index (χ2n) is 31.4. The predicted molar refractivity (Wildman–Crippen MR) is 401 cm³/mol. The average molecular weight is 1520 g/mol. The monoisotopic (exact) mass is 1520 g/mol. The van der Waals surface area contributed by atoms with Gasteiger partial charge in [-0.2, -0.15) is 0 Å². The number of ether oxygens (including phenoxy) is 2. The fourth-order valence-electron chi connectivity index (χ4n) is 11.3. The minimum Gasteiger partial charge on any atom is -0.445 e. The van der Waals surface area contributed by atoms with Crippen molar-refractivity contribution in [3.8, 4) is 0 Å². The molecule has 13 amide bonds. The first-order valence-corrected chi connectivity index (χ1v) is 36.7. The molecule has 1 saturated heterocycles. The summed E-state index contributed by atoms with van der Waals surface area (Å²) < 4.78 is 10.8. The summed E-state index contributed by atoms with van der Waals surface area (Å²) in [5.41, 5.74) is 9.55. The molecule has 20 N–H and O–H groups in total. The first-order chi connectivity index (χ1) is 50.3. The van der Waals surface area contributed by atoms with Crippen molar-refractivity contribution in [3.63, 3.8) is 0 Å². The summed E-state index contributed by atoms with van der Waals surface area (Å²) in [5, 5.41) is 67.6. The molecule has 0 saturated carbocycles. The van der Waals surface area contributed by atoms with Crippen molar-refractivity contribution >= 4 is 83.1 Å². The van der Waals surface area contributed by atoms with E-state index in [9.17, 15) is 58.5 Å². The number of nitrogens with two attached hydrogens (primary N) is 2. The van der Waals surface area contributed by atoms with Gasteiger partial charge in [0.05, 0.1) is 31.4 Å². The predicted octanol–water partition coefficient (Wildman–Crippen LogP) is 0.345. The third-order valence-electron chi connectivity index (χ3n) is 17.1. The number of aliphatic imine (C=N–C) groups is 1. The second-order valence-corrected chi connectivity index (χ2v) is 31.4. The molecular weight excluding hydrogens is 1400 g/mol. The SMILES string of the molecule is CC[C@H](C)[C@@H]1NC(=O)[C@@H](CCCN=C(N)N)NC(=O)[C@H](CC(C)C)NC(=O)[C@H]([C@H](O)C(C)C)NC(=O)[C@@H](NC(=O)[C@H](CC(C)(C)C)NC(=O)[C@@H](CC(C)(C)C)NC(=O)OC(C)(C)C)[C@@H](c2ccccc2)NC(=O)C(CO)NC(=O)[C@H](CCCNC(=O)OCc2ccccc2)NC(=O)CNC(=O)[C@H]([C@H](C)O)NC1=O. The number of benzene rings is 2. The van der Waals surface area contributed by atoms with Gasteiger partial charge in [-0.3, -0.25) is 57.7 Å². The molecule has 1 aliphatic rings. The number of aliphatic hydroxyl groups excluding tert-OH is 3. The molecular formula is C74H120N16O18. The molecule has 604 valence electrons. The van der Waals surface area contributed by atoms with Crippen LogP contribution < -0.4 is 80.6 Å². The van der Waals surface area contributed by atoms with E-state index in [0.717, 1.165) is 0 Å². The van der Waals surface area contributed by atoms with E-state index in [-0.39, 0.29) is 82.6 Å². The molecule has 0 spiro atoms. The van der Waals surface area contributed by atoms with E-state index in [1.807, 2.05) is 20.8 Å². The number of rotatable bonds is 26. The maximum atomic E-state index is 15.8. The van der Waals surface area contributed by atoms with Crippen LogP contribution in [0.25, 0.3) is 0 Å². The summed E-state index contributed by atoms with van der Waals surface area (Å²) in [6, 6.07) is -2.59. The molecule has 34 heteroatoms. The maximum Gasteiger partial charge on any atom is 0.408 e. The van der Waals surface area contributed by atoms with Crippen LogP contribution in [0.3, 0.4) is 0 Å². The van der Waals surface area contributed by atoms with Gasteiger partial charge >= 0.3 is 12.2 Å². The van der Waals surface area contributed by atoms with E-state index in [2.05, 4.69) is 74.1 Å². The highest BCUT2D eigenvalue weighted by atomic mass is 16.6. The highest BCUT2D eigenvalue weighted by Crippen LogP contribution is 2.26. The number of hydrogen-bond acceptors (Lipinski definition) is 19. The standard InChI is InChI=1S/C74H120N16O18/c1-17-42(6)53-66(102)87-54(43(7)92)65(101)79-37-52(93)80-46(30-25-33-78-70(105)107-39-44-26-20-18-21-27-44)59(95)84-51(38-91)64(100)88-55(45-28-22-19-23-29-45)56(89-63(99)49(35-72(8,9)10)83-62(98)50(36-73(11,12)13)85-71(106)108-74(14,15)16)67(103)90-57(58(94)41(4)5)68(104)82-48(34-40(2)3)61(97)81-47(60(96)86-53)31-24-32-77-69(75)76/h18-23,26-29,40-43,46-51,53-58,91-92,94H,17,24-25,30-39H2,1-16H3,(H,78,105)(H,79,101)(H,80,93)(H,81,97)(H,82,104)(H,83,98)(H,84,95)(H,85,106)(H,86,96)(H,87,102)(H,88,100)(H,89,99)(H,90,103)(H4,75,76,77)/t42-,43-,46-,47+,48-,49-,50+,51?,53-,54-,55+,56-,57-,58+/m0/s1. The lowest BCUT2D eigenvalue weighted by atomic mass is 9.86. The molecule has 0 bridgehead atoms. The number of alkyl carbamates (subject to hydrolysis) is 2. The Morgan fingerprint density at radius 2 is 1.09 bits per heavy atom. The van der Waals surface area contributed by atoms with Crippen molar-refractivity contribution < 1.29 is 87.1 Å². The van der Waals surface area contributed by atoms with Crippen LogP contribution in [0.2, 0.25) is 0 Å². The highest BCUT2D eigenvalue weighted by molar-refractivity contribution is 6.00. The van der Waals surface area contributed by atoms with Gasteiger partial charge < -0.3 is 105 Å². The number of carbonyl (C=O) groups is 13. The molecule has 1 fully saturated rings. The van der Waals surface area contributed by atoms with Gasteiger partial charge in [0.1, 0.15) is 72.6 Å². The van der Waals surface area contributed by atoms with Crippen LogP contribution in [0.5, 0.6) is 0 Å². The Hall–Kier alpha value is -9.70. The maximum absolute atomic E-state index is 15.8. The van der Waals surface area contributed by atoms with Crippen LogP contribution in [0.15, 0.2) is 65.7 Å². The summed E-state index contributed by atoms with van der Waals surface area (Å²) in [4.78, 5) is 193. The van der Waals surface area contributed by atoms with Gasteiger partial charge in [-0.15, -0.1) is 0 Å². The first kappa shape index (κ1) is 92.5. The lowest BCUT2D eigenvalue weighted by Gasteiger charge is -2.35. The number of aliphatic hydroxyl groups is 3. The molecule has 3 rings (SSSR count). The van der Waals surface area contributed by atoms with Crippen molar-refractivity contribution in [2.75, 3.05) is 26.2 Å². The van der Waals surface area contributed by atoms with Crippen LogP contribution in [-0.4, -0.2) is 203 Å². The molecule has 2 aromatic rings. The van der Waals surface area contributed by atoms with Crippen molar-refractivity contribution in [3.05, 3.63) is 71.8 Å². The third-order valence-corrected chi connectivity index (χ3v) is 17.1. The Balaban J connectivity index is 2.45. The summed E-state index contributed by atoms with van der Waals surface area (Å²) in [5.74, 6) is -14.0. The van der Waals surface area contributed by atoms with Gasteiger partial charge in [0.2, 0.25) is 65.0 Å². The zero-order valence-corrected chi connectivity index (χ0v) is 65.3. The fraction of sp³-hybridized carbons (Fsp3) is 0.649. The third kappa shape index (κ3) is 33.6. The normalized spacial score (nSPS) is 22.5. The summed E-state index contributed by atoms with van der Waals surface area (Å²) in [7, 11) is 0. The minimum atomic E-state index is -2.12. The van der Waals surface area contributed by atoms with E-state index < -0.39 is 203 Å². The van der Waals surface area contributed by atoms with Crippen molar-refractivity contribution in [1.82, 2.24) is 69.1 Å². The lowest BCUT2D eigenvalue weighted by molar-refractivity contribution is -0.139. The Morgan fingerprint density at radius 1 is 0.583 bits per heavy atom. The number of hydrogen-bond donors (Lipinski definition) is 18. The van der Waals surface area contributed by atoms with Crippen LogP contribution in [0.1, 0.15) is 179 Å². The molecule has 14 atom stereocenters. The Labute approximate surface area is 633 Å². The summed E-state index contributed by atoms with van der Waals surface area (Å²) in [6.07, 6.45) is -5.79. The second kappa shape index (κ2) is 43.9. The quantitative estimate of drug-likeness (QED) is 0.0343. The fourth-order valence-corrected chi connectivity index (χ4v) is 11.3. The molecule has 1 unspecified atom stereocenters. The molecule has 108 heavy (non-hydrogen) atoms. The molecule has 0 aromatic heterocycles. The Kier molecular flexibility index (Phi) is 37.6. The number of nitrogens with zero attached hydrogens (tertiary/aromatic N) is 1. The summed E-state index contributed by atoms with van der Waals surface area (Å²) >= 11 is 0. The molecule has 0 aliphatic carbocycles. The van der Waals surface area contributed by atoms with Crippen molar-refractivity contribution in [2.24, 2.45) is 45.0 Å². The van der Waals surface area contributed by atoms with Crippen LogP contribution in [-0.2, 0) is 68.8 Å². The number of amides is 13. The minimum absolute atomic E-state index is 0.0220. The van der Waals surface area contributed by atoms with E-state index >= 15 is 19.2 Å². The van der Waals surface area contributed by atoms with Gasteiger partial charge in [-0.1, -0.05) is 150 Å². The highest BCUT2D eigenvalue weighted by Gasteiger charge is 2.43. The van der Waals surface area contributed by atoms with Gasteiger partial charge in [0, 0.05) is 13.1 Å². The van der Waals surface area contributed by atoms with Crippen LogP contribution >= 0.6 is 0 Å². The van der Waals surface area contributed by atoms with Crippen molar-refractivity contribution in [1.29, 1.82) is 0 Å². The zero-order valence-electron chi connectivity index (χ0n) is 65.3. The first-order valence-electron chi connectivity index (χ1n) is 36.7. The summed E-state index contributed by atoms with van der Waals surface area (Å²) in [6.45, 7) is 24.1. The van der Waals surface area contributed by atoms with Gasteiger partial charge in [-0.05, 0) is 112 Å². The smallest absolute Gasteiger partial charge is 0.408 e. The lowest BCUT2D eigenvalue weighted by Crippen LogP contribution is -2.65. The molecule has 2 aromatic carbocycles. The van der Waals surface area contributed by atoms with E-state index in [4.69, 9.17) is 20.9 Å². The number of guanidine groups is 1. The molecule has 34 nitrogen and oxygen atoms in total. The van der Waals surface area contributed by atoms with E-state index in [0.29, 0.717) is 5.56 Å². The van der Waals surface area contributed by atoms with E-state index in [1.54, 1.807) is 106 Å². The Morgan fingerprint density at radius 3 is 1.64 bits per heavy atom. The van der Waals surface area contributed by atoms with Gasteiger partial charge in [-0.25, -0.2) is 9.59 Å². The molecule has 0 radical (unpaired) electrons. The number of nitrogens with one attached hydrogen (secondary N) is 13. The Bertz CT molecular complexity index is 3350. The van der Waals surface area contributed by atoms with Crippen LogP contribution in [0.4, 0.5) is 9.59 Å². The van der Waals surface area contributed by atoms with Gasteiger partial charge in [0.15, 0.2) is 5.96 Å². The molecule has 1 heterocycles. The van der Waals surface area contributed by atoms with Crippen LogP contribution in [0, 0.1) is 28.6 Å². The van der Waals surface area contributed by atoms with Crippen molar-refractivity contribution in [2.45, 2.75) is 253 Å². The largest absolute Gasteiger partial charge is 0.445 e. The zero-order chi connectivity index (χ0) is 81.6. The van der Waals surface area contributed by atoms with Gasteiger partial charge in [0.25, 0.3) is 0 Å². The number of carbonyl (C=O) groups excluding carboxylic acids is 13. The average Bonchev–Trinajstić information content (AvgIpc) is 0.811. The topological polar surface area (TPSA) is 522 Å². The molecule has 1 aliphatic heterocycles.